The summed E-state index contributed by atoms with van der Waals surface area (Å²) in [5, 5.41) is 9.17. The van der Waals surface area contributed by atoms with Crippen LogP contribution in [-0.4, -0.2) is 11.3 Å². The summed E-state index contributed by atoms with van der Waals surface area (Å²) in [5.74, 6) is -0.647. The lowest BCUT2D eigenvalue weighted by Gasteiger charge is -2.26. The number of hydrogen-bond acceptors (Lipinski definition) is 1. The van der Waals surface area contributed by atoms with Crippen molar-refractivity contribution in [1.82, 2.24) is 0 Å². The zero-order chi connectivity index (χ0) is 11.0. The van der Waals surface area contributed by atoms with E-state index >= 15 is 0 Å². The Hall–Kier alpha value is -1.10. The van der Waals surface area contributed by atoms with Crippen molar-refractivity contribution < 1.29 is 22.7 Å². The van der Waals surface area contributed by atoms with Crippen LogP contribution >= 0.6 is 0 Å². The Labute approximate surface area is 78.0 Å². The minimum absolute atomic E-state index is 0.383. The van der Waals surface area contributed by atoms with Gasteiger partial charge in [-0.1, -0.05) is 12.1 Å². The van der Waals surface area contributed by atoms with E-state index in [2.05, 4.69) is 0 Å². The lowest BCUT2D eigenvalue weighted by molar-refractivity contribution is -0.258. The zero-order valence-electron chi connectivity index (χ0n) is 7.27. The summed E-state index contributed by atoms with van der Waals surface area (Å²) in [6.45, 7) is 0.625. The maximum atomic E-state index is 12.4. The fourth-order valence-corrected chi connectivity index (χ4v) is 0.938. The predicted octanol–water partition coefficient (Wildman–Crippen LogP) is 2.60. The van der Waals surface area contributed by atoms with Crippen LogP contribution in [0.5, 0.6) is 0 Å². The molecular formula is C9H8F4O. The lowest BCUT2D eigenvalue weighted by atomic mass is 9.95. The molecule has 0 aromatic heterocycles. The number of alkyl halides is 3. The van der Waals surface area contributed by atoms with Gasteiger partial charge < -0.3 is 5.11 Å². The molecule has 0 aliphatic carbocycles. The van der Waals surface area contributed by atoms with Gasteiger partial charge in [-0.15, -0.1) is 0 Å². The van der Waals surface area contributed by atoms with Gasteiger partial charge in [0.1, 0.15) is 5.82 Å². The SMILES string of the molecule is C[C@@](O)(c1ccc(F)cc1)C(F)(F)F. The Morgan fingerprint density at radius 3 is 1.86 bits per heavy atom. The van der Waals surface area contributed by atoms with Gasteiger partial charge in [-0.05, 0) is 24.6 Å². The van der Waals surface area contributed by atoms with Gasteiger partial charge in [0.05, 0.1) is 0 Å². The molecule has 0 aliphatic heterocycles. The van der Waals surface area contributed by atoms with Gasteiger partial charge >= 0.3 is 6.18 Å². The van der Waals surface area contributed by atoms with E-state index < -0.39 is 17.6 Å². The first-order valence-corrected chi connectivity index (χ1v) is 3.80. The number of benzene rings is 1. The summed E-state index contributed by atoms with van der Waals surface area (Å²) in [5.41, 5.74) is -3.33. The van der Waals surface area contributed by atoms with E-state index in [0.717, 1.165) is 24.3 Å². The smallest absolute Gasteiger partial charge is 0.376 e. The summed E-state index contributed by atoms with van der Waals surface area (Å²) in [4.78, 5) is 0. The average Bonchev–Trinajstić information content (AvgIpc) is 2.03. The maximum absolute atomic E-state index is 12.4. The van der Waals surface area contributed by atoms with E-state index in [1.807, 2.05) is 0 Å². The Balaban J connectivity index is 3.10. The molecule has 78 valence electrons. The third-order valence-electron chi connectivity index (χ3n) is 1.96. The minimum atomic E-state index is -4.77. The number of rotatable bonds is 1. The van der Waals surface area contributed by atoms with Crippen LogP contribution in [0.1, 0.15) is 12.5 Å². The quantitative estimate of drug-likeness (QED) is 0.703. The second-order valence-electron chi connectivity index (χ2n) is 3.08. The zero-order valence-corrected chi connectivity index (χ0v) is 7.27. The van der Waals surface area contributed by atoms with Gasteiger partial charge in [-0.3, -0.25) is 0 Å². The van der Waals surface area contributed by atoms with Gasteiger partial charge in [0, 0.05) is 0 Å². The van der Waals surface area contributed by atoms with Gasteiger partial charge in [-0.2, -0.15) is 13.2 Å². The summed E-state index contributed by atoms with van der Waals surface area (Å²) >= 11 is 0. The highest BCUT2D eigenvalue weighted by atomic mass is 19.4. The van der Waals surface area contributed by atoms with Crippen LogP contribution in [-0.2, 0) is 5.60 Å². The van der Waals surface area contributed by atoms with E-state index in [9.17, 15) is 17.6 Å². The van der Waals surface area contributed by atoms with Crippen molar-refractivity contribution in [1.29, 1.82) is 0 Å². The molecule has 0 spiro atoms. The Morgan fingerprint density at radius 1 is 1.07 bits per heavy atom. The number of aliphatic hydroxyl groups is 1. The first kappa shape index (κ1) is 11.0. The fourth-order valence-electron chi connectivity index (χ4n) is 0.938. The third-order valence-corrected chi connectivity index (χ3v) is 1.96. The van der Waals surface area contributed by atoms with Crippen LogP contribution in [0.15, 0.2) is 24.3 Å². The molecule has 0 aliphatic rings. The fraction of sp³-hybridized carbons (Fsp3) is 0.333. The topological polar surface area (TPSA) is 20.2 Å². The highest BCUT2D eigenvalue weighted by Gasteiger charge is 2.50. The Kier molecular flexibility index (Phi) is 2.54. The molecule has 1 nitrogen and oxygen atoms in total. The second kappa shape index (κ2) is 3.24. The molecule has 1 atom stereocenters. The van der Waals surface area contributed by atoms with E-state index in [0.29, 0.717) is 6.92 Å². The predicted molar refractivity (Wildman–Crippen MR) is 42.0 cm³/mol. The van der Waals surface area contributed by atoms with Crippen molar-refractivity contribution in [2.45, 2.75) is 18.7 Å². The maximum Gasteiger partial charge on any atom is 0.421 e. The standard InChI is InChI=1S/C9H8F4O/c1-8(14,9(11,12)13)6-2-4-7(10)5-3-6/h2-5,14H,1H3/t8-/m1/s1. The van der Waals surface area contributed by atoms with E-state index in [1.54, 1.807) is 0 Å². The summed E-state index contributed by atoms with van der Waals surface area (Å²) in [6, 6.07) is 3.55. The highest BCUT2D eigenvalue weighted by molar-refractivity contribution is 5.23. The van der Waals surface area contributed by atoms with Gasteiger partial charge in [-0.25, -0.2) is 4.39 Å². The van der Waals surface area contributed by atoms with Crippen LogP contribution in [0.4, 0.5) is 17.6 Å². The molecule has 0 saturated carbocycles. The molecule has 14 heavy (non-hydrogen) atoms. The van der Waals surface area contributed by atoms with E-state index in [4.69, 9.17) is 5.11 Å². The number of hydrogen-bond donors (Lipinski definition) is 1. The molecule has 5 heteroatoms. The van der Waals surface area contributed by atoms with Crippen LogP contribution in [0.25, 0.3) is 0 Å². The minimum Gasteiger partial charge on any atom is -0.376 e. The molecule has 1 aromatic carbocycles. The molecule has 1 rings (SSSR count). The monoisotopic (exact) mass is 208 g/mol. The van der Waals surface area contributed by atoms with E-state index in [-0.39, 0.29) is 5.56 Å². The van der Waals surface area contributed by atoms with Crippen molar-refractivity contribution in [2.24, 2.45) is 0 Å². The molecule has 0 bridgehead atoms. The highest BCUT2D eigenvalue weighted by Crippen LogP contribution is 2.38. The summed E-state index contributed by atoms with van der Waals surface area (Å²) < 4.78 is 49.2. The van der Waals surface area contributed by atoms with Crippen molar-refractivity contribution in [3.8, 4) is 0 Å². The number of halogens is 4. The van der Waals surface area contributed by atoms with Crippen LogP contribution in [0.2, 0.25) is 0 Å². The van der Waals surface area contributed by atoms with Crippen molar-refractivity contribution in [3.63, 3.8) is 0 Å². The van der Waals surface area contributed by atoms with Crippen molar-refractivity contribution >= 4 is 0 Å². The van der Waals surface area contributed by atoms with Crippen molar-refractivity contribution in [3.05, 3.63) is 35.6 Å². The summed E-state index contributed by atoms with van der Waals surface area (Å²) in [7, 11) is 0. The molecular weight excluding hydrogens is 200 g/mol. The second-order valence-corrected chi connectivity index (χ2v) is 3.08. The average molecular weight is 208 g/mol. The van der Waals surface area contributed by atoms with Crippen LogP contribution in [0.3, 0.4) is 0 Å². The Morgan fingerprint density at radius 2 is 1.50 bits per heavy atom. The molecule has 0 saturated heterocycles. The Bertz CT molecular complexity index is 313. The summed E-state index contributed by atoms with van der Waals surface area (Å²) in [6.07, 6.45) is -4.77. The van der Waals surface area contributed by atoms with Gasteiger partial charge in [0.15, 0.2) is 5.60 Å². The molecule has 0 amide bonds. The molecule has 0 unspecified atom stereocenters. The van der Waals surface area contributed by atoms with Gasteiger partial charge in [0.25, 0.3) is 0 Å². The van der Waals surface area contributed by atoms with Crippen LogP contribution < -0.4 is 0 Å². The third kappa shape index (κ3) is 1.87. The molecule has 0 radical (unpaired) electrons. The molecule has 1 aromatic rings. The normalized spacial score (nSPS) is 16.4. The van der Waals surface area contributed by atoms with E-state index in [1.165, 1.54) is 0 Å². The first-order valence-electron chi connectivity index (χ1n) is 3.80. The van der Waals surface area contributed by atoms with Crippen molar-refractivity contribution in [2.75, 3.05) is 0 Å². The largest absolute Gasteiger partial charge is 0.421 e. The first-order chi connectivity index (χ1) is 6.25. The van der Waals surface area contributed by atoms with Gasteiger partial charge in [0.2, 0.25) is 0 Å². The molecule has 0 heterocycles. The molecule has 1 N–H and O–H groups in total. The van der Waals surface area contributed by atoms with Crippen LogP contribution in [0, 0.1) is 5.82 Å². The molecule has 0 fully saturated rings. The lowest BCUT2D eigenvalue weighted by Crippen LogP contribution is -2.39.